The van der Waals surface area contributed by atoms with Gasteiger partial charge in [0.1, 0.15) is 11.5 Å². The summed E-state index contributed by atoms with van der Waals surface area (Å²) in [6.07, 6.45) is 1.76. The highest BCUT2D eigenvalue weighted by Gasteiger charge is 2.19. The first kappa shape index (κ1) is 15.6. The van der Waals surface area contributed by atoms with Crippen molar-refractivity contribution in [3.63, 3.8) is 0 Å². The van der Waals surface area contributed by atoms with Crippen molar-refractivity contribution in [1.82, 2.24) is 0 Å². The first-order chi connectivity index (χ1) is 10.2. The largest absolute Gasteiger partial charge is 0.505 e. The Balaban J connectivity index is 2.22. The molecule has 0 saturated heterocycles. The van der Waals surface area contributed by atoms with Crippen LogP contribution in [0.3, 0.4) is 0 Å². The molecule has 1 heterocycles. The molecule has 0 amide bonds. The lowest BCUT2D eigenvalue weighted by Crippen LogP contribution is -2.04. The summed E-state index contributed by atoms with van der Waals surface area (Å²) in [4.78, 5) is 12.2. The smallest absolute Gasteiger partial charge is 0.352 e. The van der Waals surface area contributed by atoms with Crippen LogP contribution in [-0.2, 0) is 9.47 Å². The van der Waals surface area contributed by atoms with Gasteiger partial charge in [-0.1, -0.05) is 13.3 Å². The number of esters is 1. The topological polar surface area (TPSA) is 65.0 Å². The second-order valence-corrected chi connectivity index (χ2v) is 5.53. The standard InChI is InChI=1S/C15H18O5S/c1-3-4-7-19-15(17)14-13(16)11-8-10(20-9-18-2)5-6-12(11)21-14/h5-6,8,16H,3-4,7,9H2,1-2H3. The number of benzene rings is 1. The number of rotatable bonds is 7. The van der Waals surface area contributed by atoms with Crippen LogP contribution in [-0.4, -0.2) is 31.6 Å². The molecular weight excluding hydrogens is 292 g/mol. The molecule has 0 spiro atoms. The van der Waals surface area contributed by atoms with Crippen LogP contribution < -0.4 is 4.74 Å². The van der Waals surface area contributed by atoms with Gasteiger partial charge in [0, 0.05) is 17.2 Å². The molecule has 0 unspecified atom stereocenters. The first-order valence-corrected chi connectivity index (χ1v) is 7.53. The highest BCUT2D eigenvalue weighted by molar-refractivity contribution is 7.21. The number of methoxy groups -OCH3 is 1. The van der Waals surface area contributed by atoms with Crippen molar-refractivity contribution in [2.45, 2.75) is 19.8 Å². The van der Waals surface area contributed by atoms with Gasteiger partial charge in [-0.15, -0.1) is 11.3 Å². The molecule has 1 aromatic carbocycles. The monoisotopic (exact) mass is 310 g/mol. The number of fused-ring (bicyclic) bond motifs is 1. The lowest BCUT2D eigenvalue weighted by Gasteiger charge is -2.04. The molecule has 0 aliphatic rings. The molecule has 21 heavy (non-hydrogen) atoms. The van der Waals surface area contributed by atoms with Gasteiger partial charge in [-0.2, -0.15) is 0 Å². The quantitative estimate of drug-likeness (QED) is 0.481. The summed E-state index contributed by atoms with van der Waals surface area (Å²) in [5, 5.41) is 10.8. The zero-order valence-corrected chi connectivity index (χ0v) is 12.9. The summed E-state index contributed by atoms with van der Waals surface area (Å²) in [7, 11) is 1.53. The number of carbonyl (C=O) groups is 1. The van der Waals surface area contributed by atoms with Gasteiger partial charge in [-0.05, 0) is 24.6 Å². The minimum absolute atomic E-state index is 0.0561. The average molecular weight is 310 g/mol. The Labute approximate surface area is 127 Å². The van der Waals surface area contributed by atoms with E-state index in [0.29, 0.717) is 17.7 Å². The van der Waals surface area contributed by atoms with E-state index in [4.69, 9.17) is 14.2 Å². The number of hydrogen-bond acceptors (Lipinski definition) is 6. The van der Waals surface area contributed by atoms with Crippen molar-refractivity contribution in [3.8, 4) is 11.5 Å². The normalized spacial score (nSPS) is 10.8. The van der Waals surface area contributed by atoms with Crippen LogP contribution in [0.1, 0.15) is 29.4 Å². The molecule has 6 heteroatoms. The summed E-state index contributed by atoms with van der Waals surface area (Å²) >= 11 is 1.21. The van der Waals surface area contributed by atoms with E-state index in [1.807, 2.05) is 6.92 Å². The van der Waals surface area contributed by atoms with E-state index in [1.54, 1.807) is 18.2 Å². The van der Waals surface area contributed by atoms with E-state index >= 15 is 0 Å². The number of carbonyl (C=O) groups excluding carboxylic acids is 1. The Morgan fingerprint density at radius 3 is 2.90 bits per heavy atom. The van der Waals surface area contributed by atoms with Gasteiger partial charge in [0.2, 0.25) is 0 Å². The van der Waals surface area contributed by atoms with Gasteiger partial charge in [0.15, 0.2) is 11.7 Å². The third-order valence-corrected chi connectivity index (χ3v) is 4.03. The van der Waals surface area contributed by atoms with Crippen molar-refractivity contribution in [3.05, 3.63) is 23.1 Å². The zero-order valence-electron chi connectivity index (χ0n) is 12.0. The summed E-state index contributed by atoms with van der Waals surface area (Å²) < 4.78 is 16.1. The number of thiophene rings is 1. The molecule has 2 aromatic rings. The fourth-order valence-corrected chi connectivity index (χ4v) is 2.76. The zero-order chi connectivity index (χ0) is 15.2. The Morgan fingerprint density at radius 1 is 1.38 bits per heavy atom. The second kappa shape index (κ2) is 7.28. The van der Waals surface area contributed by atoms with Gasteiger partial charge in [0.25, 0.3) is 0 Å². The molecule has 2 rings (SSSR count). The highest BCUT2D eigenvalue weighted by atomic mass is 32.1. The number of ether oxygens (including phenoxy) is 3. The molecule has 0 atom stereocenters. The van der Waals surface area contributed by atoms with Crippen LogP contribution in [0.25, 0.3) is 10.1 Å². The Morgan fingerprint density at radius 2 is 2.19 bits per heavy atom. The van der Waals surface area contributed by atoms with Crippen LogP contribution >= 0.6 is 11.3 Å². The van der Waals surface area contributed by atoms with Gasteiger partial charge < -0.3 is 19.3 Å². The number of unbranched alkanes of at least 4 members (excludes halogenated alkanes) is 1. The van der Waals surface area contributed by atoms with Crippen LogP contribution in [0.2, 0.25) is 0 Å². The molecule has 0 bridgehead atoms. The summed E-state index contributed by atoms with van der Waals surface area (Å²) in [5.41, 5.74) is 0. The van der Waals surface area contributed by atoms with Crippen LogP contribution in [0.4, 0.5) is 0 Å². The molecular formula is C15H18O5S. The third kappa shape index (κ3) is 3.65. The Hall–Kier alpha value is -1.79. The summed E-state index contributed by atoms with van der Waals surface area (Å²) in [5.74, 6) is 0.0317. The number of hydrogen-bond donors (Lipinski definition) is 1. The maximum absolute atomic E-state index is 11.9. The van der Waals surface area contributed by atoms with Crippen molar-refractivity contribution in [2.24, 2.45) is 0 Å². The molecule has 0 radical (unpaired) electrons. The van der Waals surface area contributed by atoms with Crippen LogP contribution in [0, 0.1) is 0 Å². The van der Waals surface area contributed by atoms with Gasteiger partial charge in [-0.25, -0.2) is 4.79 Å². The maximum Gasteiger partial charge on any atom is 0.352 e. The van der Waals surface area contributed by atoms with Crippen molar-refractivity contribution < 1.29 is 24.1 Å². The predicted octanol–water partition coefficient (Wildman–Crippen LogP) is 3.55. The summed E-state index contributed by atoms with van der Waals surface area (Å²) in [6, 6.07) is 5.25. The van der Waals surface area contributed by atoms with Crippen molar-refractivity contribution in [2.75, 3.05) is 20.5 Å². The van der Waals surface area contributed by atoms with E-state index < -0.39 is 5.97 Å². The fraction of sp³-hybridized carbons (Fsp3) is 0.400. The minimum atomic E-state index is -0.485. The van der Waals surface area contributed by atoms with Crippen molar-refractivity contribution >= 4 is 27.4 Å². The Bertz CT molecular complexity index is 620. The van der Waals surface area contributed by atoms with E-state index in [-0.39, 0.29) is 17.4 Å². The molecule has 1 aromatic heterocycles. The van der Waals surface area contributed by atoms with Gasteiger partial charge in [0.05, 0.1) is 6.61 Å². The van der Waals surface area contributed by atoms with E-state index in [9.17, 15) is 9.90 Å². The molecule has 0 aliphatic carbocycles. The maximum atomic E-state index is 11.9. The highest BCUT2D eigenvalue weighted by Crippen LogP contribution is 2.39. The molecule has 0 fully saturated rings. The van der Waals surface area contributed by atoms with Crippen LogP contribution in [0.5, 0.6) is 11.5 Å². The minimum Gasteiger partial charge on any atom is -0.505 e. The van der Waals surface area contributed by atoms with Crippen molar-refractivity contribution in [1.29, 1.82) is 0 Å². The van der Waals surface area contributed by atoms with E-state index in [2.05, 4.69) is 0 Å². The second-order valence-electron chi connectivity index (χ2n) is 4.48. The molecule has 0 aliphatic heterocycles. The third-order valence-electron chi connectivity index (χ3n) is 2.89. The first-order valence-electron chi connectivity index (χ1n) is 6.71. The SMILES string of the molecule is CCCCOC(=O)c1sc2ccc(OCOC)cc2c1O. The van der Waals surface area contributed by atoms with E-state index in [0.717, 1.165) is 17.5 Å². The summed E-state index contributed by atoms with van der Waals surface area (Å²) in [6.45, 7) is 2.51. The molecule has 5 nitrogen and oxygen atoms in total. The lowest BCUT2D eigenvalue weighted by atomic mass is 10.2. The lowest BCUT2D eigenvalue weighted by molar-refractivity contribution is 0.0500. The van der Waals surface area contributed by atoms with Gasteiger partial charge >= 0.3 is 5.97 Å². The average Bonchev–Trinajstić information content (AvgIpc) is 2.82. The number of aromatic hydroxyl groups is 1. The predicted molar refractivity (Wildman–Crippen MR) is 81.2 cm³/mol. The van der Waals surface area contributed by atoms with E-state index in [1.165, 1.54) is 18.4 Å². The Kier molecular flexibility index (Phi) is 5.41. The van der Waals surface area contributed by atoms with Crippen LogP contribution in [0.15, 0.2) is 18.2 Å². The molecule has 0 saturated carbocycles. The van der Waals surface area contributed by atoms with Gasteiger partial charge in [-0.3, -0.25) is 0 Å². The molecule has 114 valence electrons. The molecule has 1 N–H and O–H groups in total. The fourth-order valence-electron chi connectivity index (χ4n) is 1.79.